The van der Waals surface area contributed by atoms with Gasteiger partial charge in [-0.25, -0.2) is 4.39 Å². The largest absolute Gasteiger partial charge is 0.467 e. The van der Waals surface area contributed by atoms with Crippen molar-refractivity contribution in [1.29, 1.82) is 0 Å². The Kier molecular flexibility index (Phi) is 5.12. The van der Waals surface area contributed by atoms with Gasteiger partial charge in [-0.05, 0) is 55.1 Å². The molecule has 4 heterocycles. The molecule has 0 unspecified atom stereocenters. The zero-order valence-corrected chi connectivity index (χ0v) is 20.8. The van der Waals surface area contributed by atoms with Crippen molar-refractivity contribution in [3.8, 4) is 0 Å². The molecule has 0 aliphatic carbocycles. The number of nitrogens with one attached hydrogen (secondary N) is 1. The van der Waals surface area contributed by atoms with Gasteiger partial charge in [0.25, 0.3) is 5.91 Å². The third kappa shape index (κ3) is 2.95. The van der Waals surface area contributed by atoms with E-state index in [4.69, 9.17) is 28.2 Å². The van der Waals surface area contributed by atoms with Crippen LogP contribution >= 0.6 is 35.6 Å². The van der Waals surface area contributed by atoms with Gasteiger partial charge in [0.15, 0.2) is 5.54 Å². The molecular weight excluding hydrogens is 509 g/mol. The van der Waals surface area contributed by atoms with Gasteiger partial charge in [-0.2, -0.15) is 0 Å². The monoisotopic (exact) mass is 527 g/mol. The summed E-state index contributed by atoms with van der Waals surface area (Å²) >= 11 is 13.1. The standard InChI is InChI=1S/C25H19ClFN3O3S2/c1-29-13-19(14-4-6-15(26)7-5-14)25(22(32)30(23(34)35-25)12-17-3-2-10-33-17)24(29)18-11-16(27)8-9-20(18)28-21(24)31/h2-11,19H,12-13H2,1H3,(H,28,31)/t19-,24-,25-/m1/s1. The van der Waals surface area contributed by atoms with Crippen molar-refractivity contribution in [3.05, 3.63) is 88.6 Å². The fourth-order valence-electron chi connectivity index (χ4n) is 5.78. The lowest BCUT2D eigenvalue weighted by Crippen LogP contribution is -2.61. The van der Waals surface area contributed by atoms with Gasteiger partial charge in [-0.1, -0.05) is 47.7 Å². The highest BCUT2D eigenvalue weighted by atomic mass is 35.5. The Morgan fingerprint density at radius 1 is 1.23 bits per heavy atom. The highest BCUT2D eigenvalue weighted by Crippen LogP contribution is 2.66. The van der Waals surface area contributed by atoms with E-state index in [0.717, 1.165) is 5.56 Å². The first-order valence-electron chi connectivity index (χ1n) is 10.9. The predicted octanol–water partition coefficient (Wildman–Crippen LogP) is 4.75. The molecule has 2 fully saturated rings. The summed E-state index contributed by atoms with van der Waals surface area (Å²) in [5.74, 6) is -1.02. The molecule has 10 heteroatoms. The second-order valence-electron chi connectivity index (χ2n) is 8.91. The fraction of sp³-hybridized carbons (Fsp3) is 0.240. The van der Waals surface area contributed by atoms with E-state index in [0.29, 0.717) is 32.9 Å². The second kappa shape index (κ2) is 7.89. The van der Waals surface area contributed by atoms with Gasteiger partial charge in [0.05, 0.1) is 12.8 Å². The summed E-state index contributed by atoms with van der Waals surface area (Å²) in [6.45, 7) is 0.519. The van der Waals surface area contributed by atoms with Crippen LogP contribution in [0.1, 0.15) is 22.8 Å². The summed E-state index contributed by atoms with van der Waals surface area (Å²) in [6.07, 6.45) is 1.53. The number of hydrogen-bond acceptors (Lipinski definition) is 6. The summed E-state index contributed by atoms with van der Waals surface area (Å²) in [5.41, 5.74) is 0.297. The molecule has 178 valence electrons. The molecule has 0 bridgehead atoms. The smallest absolute Gasteiger partial charge is 0.251 e. The Labute approximate surface area is 215 Å². The van der Waals surface area contributed by atoms with Crippen LogP contribution < -0.4 is 5.32 Å². The molecule has 0 radical (unpaired) electrons. The van der Waals surface area contributed by atoms with Crippen LogP contribution in [-0.2, 0) is 21.7 Å². The second-order valence-corrected chi connectivity index (χ2v) is 11.2. The van der Waals surface area contributed by atoms with E-state index in [1.54, 1.807) is 31.3 Å². The molecule has 35 heavy (non-hydrogen) atoms. The maximum Gasteiger partial charge on any atom is 0.251 e. The quantitative estimate of drug-likeness (QED) is 0.496. The lowest BCUT2D eigenvalue weighted by molar-refractivity contribution is -0.138. The van der Waals surface area contributed by atoms with Gasteiger partial charge in [0, 0.05) is 28.7 Å². The number of likely N-dealkylation sites (tertiary alicyclic amines) is 1. The molecule has 6 rings (SSSR count). The molecule has 3 aromatic rings. The first-order chi connectivity index (χ1) is 16.8. The lowest BCUT2D eigenvalue weighted by atomic mass is 9.72. The SMILES string of the molecule is CN1C[C@H](c2ccc(Cl)cc2)[C@]2(SC(=S)N(Cc3ccco3)C2=O)[C@@]12C(=O)Nc1ccc(F)cc12. The van der Waals surface area contributed by atoms with Gasteiger partial charge in [0.2, 0.25) is 5.91 Å². The number of halogens is 2. The molecule has 1 N–H and O–H groups in total. The Hall–Kier alpha value is -2.72. The van der Waals surface area contributed by atoms with E-state index < -0.39 is 22.0 Å². The molecule has 3 atom stereocenters. The van der Waals surface area contributed by atoms with Crippen LogP contribution in [0.5, 0.6) is 0 Å². The minimum Gasteiger partial charge on any atom is -0.467 e. The molecule has 6 nitrogen and oxygen atoms in total. The van der Waals surface area contributed by atoms with Crippen LogP contribution in [0.15, 0.2) is 65.3 Å². The van der Waals surface area contributed by atoms with Gasteiger partial charge >= 0.3 is 0 Å². The van der Waals surface area contributed by atoms with Crippen LogP contribution in [0.25, 0.3) is 0 Å². The molecule has 2 amide bonds. The first kappa shape index (κ1) is 22.7. The number of carbonyl (C=O) groups excluding carboxylic acids is 2. The number of thioether (sulfide) groups is 1. The number of fused-ring (bicyclic) bond motifs is 3. The average molecular weight is 528 g/mol. The number of rotatable bonds is 3. The summed E-state index contributed by atoms with van der Waals surface area (Å²) in [6, 6.07) is 15.0. The number of amides is 2. The number of likely N-dealkylation sites (N-methyl/N-ethyl adjacent to an activating group) is 1. The number of nitrogens with zero attached hydrogens (tertiary/aromatic N) is 2. The highest BCUT2D eigenvalue weighted by Gasteiger charge is 2.77. The average Bonchev–Trinajstić information content (AvgIpc) is 3.56. The summed E-state index contributed by atoms with van der Waals surface area (Å²) < 4.78 is 19.0. The molecule has 3 aliphatic rings. The maximum atomic E-state index is 14.6. The lowest BCUT2D eigenvalue weighted by Gasteiger charge is -2.41. The topological polar surface area (TPSA) is 65.8 Å². The third-order valence-corrected chi connectivity index (χ3v) is 9.40. The van der Waals surface area contributed by atoms with Crippen LogP contribution in [0.2, 0.25) is 5.02 Å². The number of anilines is 1. The summed E-state index contributed by atoms with van der Waals surface area (Å²) in [7, 11) is 1.79. The van der Waals surface area contributed by atoms with Crippen molar-refractivity contribution in [2.75, 3.05) is 18.9 Å². The minimum atomic E-state index is -1.47. The summed E-state index contributed by atoms with van der Waals surface area (Å²) in [4.78, 5) is 31.8. The van der Waals surface area contributed by atoms with Crippen molar-refractivity contribution in [2.24, 2.45) is 0 Å². The van der Waals surface area contributed by atoms with Crippen molar-refractivity contribution in [2.45, 2.75) is 22.7 Å². The van der Waals surface area contributed by atoms with E-state index in [1.807, 2.05) is 17.0 Å². The number of hydrogen-bond donors (Lipinski definition) is 1. The van der Waals surface area contributed by atoms with Crippen LogP contribution in [0.4, 0.5) is 10.1 Å². The molecule has 2 saturated heterocycles. The number of thiocarbonyl (C=S) groups is 1. The Balaban J connectivity index is 1.60. The van der Waals surface area contributed by atoms with Crippen LogP contribution in [0.3, 0.4) is 0 Å². The molecule has 0 saturated carbocycles. The van der Waals surface area contributed by atoms with E-state index in [1.165, 1.54) is 41.1 Å². The van der Waals surface area contributed by atoms with Gasteiger partial charge in [-0.3, -0.25) is 19.4 Å². The molecule has 3 aliphatic heterocycles. The van der Waals surface area contributed by atoms with Crippen LogP contribution in [-0.4, -0.2) is 44.3 Å². The maximum absolute atomic E-state index is 14.6. The number of benzene rings is 2. The van der Waals surface area contributed by atoms with Crippen molar-refractivity contribution < 1.29 is 18.4 Å². The van der Waals surface area contributed by atoms with Crippen LogP contribution in [0, 0.1) is 5.82 Å². The number of carbonyl (C=O) groups is 2. The van der Waals surface area contributed by atoms with E-state index >= 15 is 0 Å². The first-order valence-corrected chi connectivity index (χ1v) is 12.5. The molecule has 2 spiro atoms. The molecular formula is C25H19ClFN3O3S2. The molecule has 2 aromatic carbocycles. The van der Waals surface area contributed by atoms with E-state index in [-0.39, 0.29) is 18.4 Å². The predicted molar refractivity (Wildman–Crippen MR) is 136 cm³/mol. The normalized spacial score (nSPS) is 27.9. The van der Waals surface area contributed by atoms with Crippen molar-refractivity contribution in [1.82, 2.24) is 9.80 Å². The number of furan rings is 1. The Morgan fingerprint density at radius 2 is 2.00 bits per heavy atom. The zero-order valence-electron chi connectivity index (χ0n) is 18.5. The van der Waals surface area contributed by atoms with E-state index in [2.05, 4.69) is 5.32 Å². The van der Waals surface area contributed by atoms with E-state index in [9.17, 15) is 14.0 Å². The Morgan fingerprint density at radius 3 is 2.71 bits per heavy atom. The zero-order chi connectivity index (χ0) is 24.5. The highest BCUT2D eigenvalue weighted by molar-refractivity contribution is 8.25. The van der Waals surface area contributed by atoms with Crippen molar-refractivity contribution >= 4 is 57.4 Å². The molecule has 1 aromatic heterocycles. The van der Waals surface area contributed by atoms with Gasteiger partial charge < -0.3 is 9.73 Å². The van der Waals surface area contributed by atoms with Crippen molar-refractivity contribution in [3.63, 3.8) is 0 Å². The minimum absolute atomic E-state index is 0.143. The third-order valence-electron chi connectivity index (χ3n) is 7.20. The Bertz CT molecular complexity index is 1380. The summed E-state index contributed by atoms with van der Waals surface area (Å²) in [5, 5.41) is 3.47. The van der Waals surface area contributed by atoms with Gasteiger partial charge in [-0.15, -0.1) is 0 Å². The van der Waals surface area contributed by atoms with Gasteiger partial charge in [0.1, 0.15) is 20.6 Å². The fourth-order valence-corrected chi connectivity index (χ4v) is 8.04.